The summed E-state index contributed by atoms with van der Waals surface area (Å²) in [5.41, 5.74) is -0.698. The predicted octanol–water partition coefficient (Wildman–Crippen LogP) is 0.993. The Morgan fingerprint density at radius 1 is 1.64 bits per heavy atom. The quantitative estimate of drug-likeness (QED) is 0.713. The second kappa shape index (κ2) is 3.52. The Morgan fingerprint density at radius 2 is 2.43 bits per heavy atom. The summed E-state index contributed by atoms with van der Waals surface area (Å²) >= 11 is 0. The van der Waals surface area contributed by atoms with Gasteiger partial charge in [-0.15, -0.1) is 0 Å². The van der Waals surface area contributed by atoms with E-state index in [1.807, 2.05) is 6.92 Å². The SMILES string of the molecule is CCC(C#N)C1(O)CCN2CCC1C2. The molecule has 0 radical (unpaired) electrons. The molecule has 1 N–H and O–H groups in total. The zero-order valence-corrected chi connectivity index (χ0v) is 8.74. The molecule has 0 spiro atoms. The first kappa shape index (κ1) is 9.95. The molecule has 4 unspecified atom stereocenters. The van der Waals surface area contributed by atoms with Gasteiger partial charge in [0.1, 0.15) is 0 Å². The third kappa shape index (κ3) is 1.34. The van der Waals surface area contributed by atoms with Crippen LogP contribution in [0.5, 0.6) is 0 Å². The highest BCUT2D eigenvalue weighted by molar-refractivity contribution is 5.06. The highest BCUT2D eigenvalue weighted by Gasteiger charge is 2.49. The summed E-state index contributed by atoms with van der Waals surface area (Å²) in [7, 11) is 0. The minimum atomic E-state index is -0.698. The minimum Gasteiger partial charge on any atom is -0.388 e. The van der Waals surface area contributed by atoms with Gasteiger partial charge < -0.3 is 10.0 Å². The van der Waals surface area contributed by atoms with E-state index < -0.39 is 5.60 Å². The van der Waals surface area contributed by atoms with Crippen LogP contribution in [0.15, 0.2) is 0 Å². The average molecular weight is 194 g/mol. The Labute approximate surface area is 85.3 Å². The number of fused-ring (bicyclic) bond motifs is 2. The Kier molecular flexibility index (Phi) is 2.50. The van der Waals surface area contributed by atoms with Crippen LogP contribution in [-0.2, 0) is 0 Å². The molecule has 2 saturated heterocycles. The lowest BCUT2D eigenvalue weighted by atomic mass is 9.72. The number of hydrogen-bond acceptors (Lipinski definition) is 3. The molecule has 4 atom stereocenters. The van der Waals surface area contributed by atoms with Crippen molar-refractivity contribution in [1.29, 1.82) is 5.26 Å². The Bertz CT molecular complexity index is 261. The van der Waals surface area contributed by atoms with Crippen LogP contribution in [0, 0.1) is 23.2 Å². The van der Waals surface area contributed by atoms with Crippen LogP contribution in [0.1, 0.15) is 26.2 Å². The van der Waals surface area contributed by atoms with Gasteiger partial charge in [-0.2, -0.15) is 5.26 Å². The lowest BCUT2D eigenvalue weighted by molar-refractivity contribution is -0.0753. The molecule has 0 aromatic carbocycles. The largest absolute Gasteiger partial charge is 0.388 e. The normalized spacial score (nSPS) is 43.2. The molecule has 2 fully saturated rings. The van der Waals surface area contributed by atoms with E-state index in [0.29, 0.717) is 5.92 Å². The molecular formula is C11H18N2O. The van der Waals surface area contributed by atoms with Crippen molar-refractivity contribution >= 4 is 0 Å². The Balaban J connectivity index is 2.18. The van der Waals surface area contributed by atoms with E-state index in [1.54, 1.807) is 0 Å². The lowest BCUT2D eigenvalue weighted by Crippen LogP contribution is -2.50. The van der Waals surface area contributed by atoms with Crippen LogP contribution in [0.25, 0.3) is 0 Å². The zero-order chi connectivity index (χ0) is 10.2. The number of rotatable bonds is 2. The number of nitriles is 1. The van der Waals surface area contributed by atoms with E-state index in [9.17, 15) is 5.11 Å². The molecule has 0 aromatic rings. The van der Waals surface area contributed by atoms with Crippen molar-refractivity contribution in [3.05, 3.63) is 0 Å². The number of hydrogen-bond donors (Lipinski definition) is 1. The van der Waals surface area contributed by atoms with Gasteiger partial charge in [-0.25, -0.2) is 0 Å². The third-order valence-corrected chi connectivity index (χ3v) is 3.98. The van der Waals surface area contributed by atoms with Crippen molar-refractivity contribution in [2.24, 2.45) is 11.8 Å². The molecule has 0 aromatic heterocycles. The smallest absolute Gasteiger partial charge is 0.0857 e. The van der Waals surface area contributed by atoms with Gasteiger partial charge in [0.2, 0.25) is 0 Å². The van der Waals surface area contributed by atoms with Crippen molar-refractivity contribution in [3.8, 4) is 6.07 Å². The van der Waals surface area contributed by atoms with E-state index >= 15 is 0 Å². The van der Waals surface area contributed by atoms with Crippen LogP contribution in [0.3, 0.4) is 0 Å². The monoisotopic (exact) mass is 194 g/mol. The molecule has 2 rings (SSSR count). The first-order chi connectivity index (χ1) is 6.70. The minimum absolute atomic E-state index is 0.173. The molecule has 0 amide bonds. The van der Waals surface area contributed by atoms with Crippen LogP contribution in [-0.4, -0.2) is 35.2 Å². The molecule has 78 valence electrons. The predicted molar refractivity (Wildman–Crippen MR) is 53.5 cm³/mol. The molecule has 3 heteroatoms. The van der Waals surface area contributed by atoms with Crippen molar-refractivity contribution in [2.75, 3.05) is 19.6 Å². The van der Waals surface area contributed by atoms with Crippen LogP contribution >= 0.6 is 0 Å². The molecule has 0 saturated carbocycles. The maximum absolute atomic E-state index is 10.6. The first-order valence-electron chi connectivity index (χ1n) is 5.55. The van der Waals surface area contributed by atoms with Gasteiger partial charge in [0, 0.05) is 19.0 Å². The fraction of sp³-hybridized carbons (Fsp3) is 0.909. The van der Waals surface area contributed by atoms with E-state index in [2.05, 4.69) is 11.0 Å². The van der Waals surface area contributed by atoms with Crippen molar-refractivity contribution in [3.63, 3.8) is 0 Å². The maximum Gasteiger partial charge on any atom is 0.0857 e. The van der Waals surface area contributed by atoms with E-state index in [-0.39, 0.29) is 5.92 Å². The molecule has 2 aliphatic rings. The summed E-state index contributed by atoms with van der Waals surface area (Å²) in [5, 5.41) is 19.6. The molecule has 2 bridgehead atoms. The second-order valence-corrected chi connectivity index (χ2v) is 4.62. The Morgan fingerprint density at radius 3 is 3.07 bits per heavy atom. The van der Waals surface area contributed by atoms with Gasteiger partial charge in [0.25, 0.3) is 0 Å². The van der Waals surface area contributed by atoms with Gasteiger partial charge in [-0.05, 0) is 25.8 Å². The van der Waals surface area contributed by atoms with Crippen LogP contribution < -0.4 is 0 Å². The van der Waals surface area contributed by atoms with E-state index in [1.165, 1.54) is 0 Å². The standard InChI is InChI=1S/C11H18N2O/c1-2-9(7-12)11(14)4-6-13-5-3-10(11)8-13/h9-10,14H,2-6,8H2,1H3. The fourth-order valence-corrected chi connectivity index (χ4v) is 3.00. The molecule has 2 heterocycles. The maximum atomic E-state index is 10.6. The van der Waals surface area contributed by atoms with Crippen LogP contribution in [0.4, 0.5) is 0 Å². The Hall–Kier alpha value is -0.590. The number of nitrogens with zero attached hydrogens (tertiary/aromatic N) is 2. The van der Waals surface area contributed by atoms with Crippen molar-refractivity contribution < 1.29 is 5.11 Å². The van der Waals surface area contributed by atoms with Crippen molar-refractivity contribution in [2.45, 2.75) is 31.8 Å². The van der Waals surface area contributed by atoms with Gasteiger partial charge in [0.05, 0.1) is 17.6 Å². The van der Waals surface area contributed by atoms with E-state index in [4.69, 9.17) is 5.26 Å². The van der Waals surface area contributed by atoms with Gasteiger partial charge in [-0.3, -0.25) is 0 Å². The van der Waals surface area contributed by atoms with Gasteiger partial charge in [-0.1, -0.05) is 6.92 Å². The molecule has 2 aliphatic heterocycles. The van der Waals surface area contributed by atoms with Crippen molar-refractivity contribution in [1.82, 2.24) is 4.90 Å². The fourth-order valence-electron chi connectivity index (χ4n) is 3.00. The molecular weight excluding hydrogens is 176 g/mol. The summed E-state index contributed by atoms with van der Waals surface area (Å²) in [4.78, 5) is 2.39. The zero-order valence-electron chi connectivity index (χ0n) is 8.74. The third-order valence-electron chi connectivity index (χ3n) is 3.98. The lowest BCUT2D eigenvalue weighted by Gasteiger charge is -2.41. The highest BCUT2D eigenvalue weighted by atomic mass is 16.3. The van der Waals surface area contributed by atoms with Crippen LogP contribution in [0.2, 0.25) is 0 Å². The van der Waals surface area contributed by atoms with E-state index in [0.717, 1.165) is 38.9 Å². The summed E-state index contributed by atoms with van der Waals surface area (Å²) < 4.78 is 0. The summed E-state index contributed by atoms with van der Waals surface area (Å²) in [5.74, 6) is 0.161. The average Bonchev–Trinajstić information content (AvgIpc) is 2.60. The summed E-state index contributed by atoms with van der Waals surface area (Å²) in [6.07, 6.45) is 2.61. The number of aliphatic hydroxyl groups is 1. The topological polar surface area (TPSA) is 47.3 Å². The number of piperidine rings is 1. The molecule has 0 aliphatic carbocycles. The first-order valence-corrected chi connectivity index (χ1v) is 5.55. The highest BCUT2D eigenvalue weighted by Crippen LogP contribution is 2.41. The van der Waals surface area contributed by atoms with Gasteiger partial charge >= 0.3 is 0 Å². The summed E-state index contributed by atoms with van der Waals surface area (Å²) in [6.45, 7) is 5.06. The molecule has 14 heavy (non-hydrogen) atoms. The van der Waals surface area contributed by atoms with Gasteiger partial charge in [0.15, 0.2) is 0 Å². The molecule has 3 nitrogen and oxygen atoms in total. The second-order valence-electron chi connectivity index (χ2n) is 4.62. The summed E-state index contributed by atoms with van der Waals surface area (Å²) in [6, 6.07) is 2.28.